The van der Waals surface area contributed by atoms with Crippen molar-refractivity contribution in [2.45, 2.75) is 71.1 Å². The van der Waals surface area contributed by atoms with Gasteiger partial charge in [0.15, 0.2) is 13.7 Å². The van der Waals surface area contributed by atoms with E-state index in [1.807, 2.05) is 18.2 Å². The predicted octanol–water partition coefficient (Wildman–Crippen LogP) is 4.22. The van der Waals surface area contributed by atoms with Crippen molar-refractivity contribution < 1.29 is 37.8 Å². The van der Waals surface area contributed by atoms with E-state index >= 15 is 0 Å². The van der Waals surface area contributed by atoms with Gasteiger partial charge >= 0.3 is 18.0 Å². The lowest BCUT2D eigenvalue weighted by Gasteiger charge is -2.53. The Labute approximate surface area is 219 Å². The normalized spacial score (nSPS) is 25.8. The molecule has 37 heavy (non-hydrogen) atoms. The number of hydrogen-bond donors (Lipinski definition) is 0. The van der Waals surface area contributed by atoms with Gasteiger partial charge in [0.1, 0.15) is 12.7 Å². The first-order chi connectivity index (χ1) is 17.3. The van der Waals surface area contributed by atoms with E-state index in [0.717, 1.165) is 17.6 Å². The van der Waals surface area contributed by atoms with Crippen LogP contribution in [0.2, 0.25) is 18.1 Å². The highest BCUT2D eigenvalue weighted by molar-refractivity contribution is 6.74. The molecule has 0 unspecified atom stereocenters. The number of imide groups is 1. The second-order valence-electron chi connectivity index (χ2n) is 11.0. The van der Waals surface area contributed by atoms with Crippen LogP contribution in [-0.2, 0) is 39.6 Å². The van der Waals surface area contributed by atoms with Crippen LogP contribution < -0.4 is 0 Å². The first-order valence-corrected chi connectivity index (χ1v) is 15.3. The van der Waals surface area contributed by atoms with Crippen molar-refractivity contribution in [2.75, 3.05) is 13.7 Å². The SMILES string of the molecule is COC(=O)N1C[C@@H](O[Si](C)(C)C(C)(C)C)[C@H]2CC=C[C@@H](OC(C)=O)[C@@]2(C(=O)OCc2ccccc2)C1=O. The number of methoxy groups -OCH3 is 1. The Kier molecular flexibility index (Phi) is 8.33. The van der Waals surface area contributed by atoms with Gasteiger partial charge in [0, 0.05) is 12.8 Å². The van der Waals surface area contributed by atoms with Crippen LogP contribution in [0.25, 0.3) is 0 Å². The van der Waals surface area contributed by atoms with E-state index in [-0.39, 0.29) is 18.2 Å². The Balaban J connectivity index is 2.14. The Bertz CT molecular complexity index is 1060. The Hall–Kier alpha value is -2.98. The number of hydrogen-bond acceptors (Lipinski definition) is 8. The summed E-state index contributed by atoms with van der Waals surface area (Å²) in [5.74, 6) is -3.10. The molecule has 1 heterocycles. The molecule has 0 N–H and O–H groups in total. The number of rotatable bonds is 6. The van der Waals surface area contributed by atoms with Crippen LogP contribution in [-0.4, -0.2) is 63.0 Å². The summed E-state index contributed by atoms with van der Waals surface area (Å²) >= 11 is 0. The van der Waals surface area contributed by atoms with Crippen molar-refractivity contribution in [3.05, 3.63) is 48.0 Å². The van der Waals surface area contributed by atoms with Crippen LogP contribution in [0.5, 0.6) is 0 Å². The highest BCUT2D eigenvalue weighted by Crippen LogP contribution is 2.50. The van der Waals surface area contributed by atoms with Gasteiger partial charge in [-0.1, -0.05) is 57.2 Å². The van der Waals surface area contributed by atoms with Gasteiger partial charge in [0.2, 0.25) is 0 Å². The lowest BCUT2D eigenvalue weighted by atomic mass is 9.61. The number of benzene rings is 1. The first kappa shape index (κ1) is 28.6. The largest absolute Gasteiger partial charge is 0.460 e. The smallest absolute Gasteiger partial charge is 0.416 e. The predicted molar refractivity (Wildman–Crippen MR) is 138 cm³/mol. The molecule has 1 aromatic rings. The van der Waals surface area contributed by atoms with Crippen molar-refractivity contribution in [3.63, 3.8) is 0 Å². The molecule has 1 aromatic carbocycles. The topological polar surface area (TPSA) is 108 Å². The summed E-state index contributed by atoms with van der Waals surface area (Å²) in [6.45, 7) is 11.4. The van der Waals surface area contributed by atoms with Crippen LogP contribution >= 0.6 is 0 Å². The molecule has 0 radical (unpaired) electrons. The summed E-state index contributed by atoms with van der Waals surface area (Å²) < 4.78 is 22.9. The molecule has 1 aliphatic carbocycles. The zero-order valence-corrected chi connectivity index (χ0v) is 23.6. The molecular weight excluding hydrogens is 494 g/mol. The molecule has 1 saturated heterocycles. The summed E-state index contributed by atoms with van der Waals surface area (Å²) in [6, 6.07) is 9.04. The number of likely N-dealkylation sites (tertiary alicyclic amines) is 1. The van der Waals surface area contributed by atoms with Gasteiger partial charge < -0.3 is 18.6 Å². The monoisotopic (exact) mass is 531 g/mol. The average Bonchev–Trinajstić information content (AvgIpc) is 2.83. The number of carbonyl (C=O) groups excluding carboxylic acids is 4. The van der Waals surface area contributed by atoms with E-state index in [4.69, 9.17) is 18.6 Å². The summed E-state index contributed by atoms with van der Waals surface area (Å²) in [6.07, 6.45) is 0.702. The van der Waals surface area contributed by atoms with Crippen LogP contribution in [0, 0.1) is 11.3 Å². The zero-order chi connectivity index (χ0) is 27.6. The third-order valence-electron chi connectivity index (χ3n) is 7.64. The highest BCUT2D eigenvalue weighted by Gasteiger charge is 2.68. The lowest BCUT2D eigenvalue weighted by molar-refractivity contribution is -0.195. The number of piperidine rings is 1. The van der Waals surface area contributed by atoms with E-state index < -0.39 is 55.8 Å². The fraction of sp³-hybridized carbons (Fsp3) is 0.556. The number of allylic oxidation sites excluding steroid dienone is 1. The molecule has 0 spiro atoms. The molecule has 4 atom stereocenters. The van der Waals surface area contributed by atoms with Crippen molar-refractivity contribution in [2.24, 2.45) is 11.3 Å². The standard InChI is InChI=1S/C27H37NO8Si/c1-18(29)35-22-15-11-14-20-21(36-37(6,7)26(2,3)4)16-28(25(32)33-5)23(30)27(20,22)24(31)34-17-19-12-9-8-10-13-19/h8-13,15,20-22H,14,16-17H2,1-7H3/t20-,21-,22-,27-/m1/s1. The number of ether oxygens (including phenoxy) is 3. The third kappa shape index (κ3) is 5.50. The second-order valence-corrected chi connectivity index (χ2v) is 15.8. The molecule has 3 rings (SSSR count). The van der Waals surface area contributed by atoms with E-state index in [2.05, 4.69) is 33.9 Å². The van der Waals surface area contributed by atoms with Crippen LogP contribution in [0.15, 0.2) is 42.5 Å². The minimum Gasteiger partial charge on any atom is -0.460 e. The minimum atomic E-state index is -2.43. The first-order valence-electron chi connectivity index (χ1n) is 12.4. The van der Waals surface area contributed by atoms with Crippen molar-refractivity contribution in [3.8, 4) is 0 Å². The van der Waals surface area contributed by atoms with Gasteiger partial charge in [0.05, 0.1) is 19.8 Å². The molecule has 9 nitrogen and oxygen atoms in total. The number of nitrogens with zero attached hydrogens (tertiary/aromatic N) is 1. The molecule has 2 aliphatic rings. The molecular formula is C27H37NO8Si. The third-order valence-corrected chi connectivity index (χ3v) is 12.1. The van der Waals surface area contributed by atoms with Gasteiger partial charge in [-0.2, -0.15) is 0 Å². The van der Waals surface area contributed by atoms with Crippen LogP contribution in [0.4, 0.5) is 4.79 Å². The van der Waals surface area contributed by atoms with Crippen LogP contribution in [0.1, 0.15) is 39.7 Å². The number of carbonyl (C=O) groups is 4. The molecule has 1 aliphatic heterocycles. The second kappa shape index (κ2) is 10.8. The molecule has 10 heteroatoms. The average molecular weight is 532 g/mol. The van der Waals surface area contributed by atoms with E-state index in [0.29, 0.717) is 6.42 Å². The Morgan fingerprint density at radius 1 is 1.14 bits per heavy atom. The van der Waals surface area contributed by atoms with Gasteiger partial charge in [-0.3, -0.25) is 14.4 Å². The fourth-order valence-electron chi connectivity index (χ4n) is 4.69. The Morgan fingerprint density at radius 3 is 2.35 bits per heavy atom. The van der Waals surface area contributed by atoms with E-state index in [1.54, 1.807) is 18.2 Å². The zero-order valence-electron chi connectivity index (χ0n) is 22.6. The van der Waals surface area contributed by atoms with Crippen molar-refractivity contribution in [1.29, 1.82) is 0 Å². The van der Waals surface area contributed by atoms with Gasteiger partial charge in [-0.25, -0.2) is 9.69 Å². The lowest BCUT2D eigenvalue weighted by Crippen LogP contribution is -2.70. The minimum absolute atomic E-state index is 0.0863. The summed E-state index contributed by atoms with van der Waals surface area (Å²) in [7, 11) is -1.27. The van der Waals surface area contributed by atoms with E-state index in [9.17, 15) is 19.2 Å². The van der Waals surface area contributed by atoms with Gasteiger partial charge in [0.25, 0.3) is 5.91 Å². The molecule has 0 saturated carbocycles. The maximum atomic E-state index is 14.1. The molecule has 0 aromatic heterocycles. The maximum Gasteiger partial charge on any atom is 0.416 e. The number of esters is 2. The number of fused-ring (bicyclic) bond motifs is 1. The van der Waals surface area contributed by atoms with Crippen molar-refractivity contribution in [1.82, 2.24) is 4.90 Å². The summed E-state index contributed by atoms with van der Waals surface area (Å²) in [5, 5.41) is -0.180. The van der Waals surface area contributed by atoms with E-state index in [1.165, 1.54) is 13.0 Å². The molecule has 2 amide bonds. The number of amides is 2. The quantitative estimate of drug-likeness (QED) is 0.176. The van der Waals surface area contributed by atoms with Crippen LogP contribution in [0.3, 0.4) is 0 Å². The maximum absolute atomic E-state index is 14.1. The fourth-order valence-corrected chi connectivity index (χ4v) is 6.04. The van der Waals surface area contributed by atoms with Gasteiger partial charge in [-0.15, -0.1) is 0 Å². The molecule has 0 bridgehead atoms. The van der Waals surface area contributed by atoms with Gasteiger partial charge in [-0.05, 0) is 36.2 Å². The summed E-state index contributed by atoms with van der Waals surface area (Å²) in [4.78, 5) is 53.9. The molecule has 1 fully saturated rings. The Morgan fingerprint density at radius 2 is 1.78 bits per heavy atom. The highest BCUT2D eigenvalue weighted by atomic mass is 28.4. The molecule has 202 valence electrons. The summed E-state index contributed by atoms with van der Waals surface area (Å²) in [5.41, 5.74) is -1.30. The van der Waals surface area contributed by atoms with Crippen molar-refractivity contribution >= 4 is 32.3 Å².